The molecule has 0 saturated heterocycles. The highest BCUT2D eigenvalue weighted by Crippen LogP contribution is 2.17. The Bertz CT molecular complexity index is 462. The van der Waals surface area contributed by atoms with Gasteiger partial charge in [-0.2, -0.15) is 5.26 Å². The molecule has 0 aliphatic carbocycles. The molecule has 1 heterocycles. The number of H-pyrrole nitrogens is 1. The zero-order valence-corrected chi connectivity index (χ0v) is 6.33. The normalized spacial score (nSPS) is 9.92. The van der Waals surface area contributed by atoms with Gasteiger partial charge in [0.05, 0.1) is 0 Å². The SMILES string of the molecule is N#Cc1cc2cc(N)ccc2[nH]1. The van der Waals surface area contributed by atoms with Gasteiger partial charge in [0.15, 0.2) is 0 Å². The molecule has 0 unspecified atom stereocenters. The van der Waals surface area contributed by atoms with Crippen LogP contribution in [-0.4, -0.2) is 4.98 Å². The van der Waals surface area contributed by atoms with Gasteiger partial charge in [-0.25, -0.2) is 0 Å². The Balaban J connectivity index is 2.77. The van der Waals surface area contributed by atoms with Crippen LogP contribution in [0.5, 0.6) is 0 Å². The average molecular weight is 157 g/mol. The van der Waals surface area contributed by atoms with Crippen molar-refractivity contribution in [3.8, 4) is 6.07 Å². The van der Waals surface area contributed by atoms with E-state index in [0.717, 1.165) is 10.9 Å². The van der Waals surface area contributed by atoms with Crippen LogP contribution in [0.3, 0.4) is 0 Å². The molecule has 1 aromatic carbocycles. The van der Waals surface area contributed by atoms with E-state index in [4.69, 9.17) is 11.0 Å². The Hall–Kier alpha value is -1.95. The van der Waals surface area contributed by atoms with E-state index in [1.165, 1.54) is 0 Å². The standard InChI is InChI=1S/C9H7N3/c10-5-8-4-6-3-7(11)1-2-9(6)12-8/h1-4,12H,11H2. The van der Waals surface area contributed by atoms with Crippen molar-refractivity contribution < 1.29 is 0 Å². The molecule has 0 spiro atoms. The fraction of sp³-hybridized carbons (Fsp3) is 0. The smallest absolute Gasteiger partial charge is 0.118 e. The van der Waals surface area contributed by atoms with Gasteiger partial charge in [-0.3, -0.25) is 0 Å². The van der Waals surface area contributed by atoms with Crippen molar-refractivity contribution in [2.75, 3.05) is 5.73 Å². The Labute approximate surface area is 69.4 Å². The maximum Gasteiger partial charge on any atom is 0.118 e. The van der Waals surface area contributed by atoms with Gasteiger partial charge in [0.1, 0.15) is 11.8 Å². The van der Waals surface area contributed by atoms with Gasteiger partial charge in [-0.1, -0.05) is 0 Å². The van der Waals surface area contributed by atoms with E-state index < -0.39 is 0 Å². The number of aromatic nitrogens is 1. The summed E-state index contributed by atoms with van der Waals surface area (Å²) in [5.74, 6) is 0. The number of hydrogen-bond acceptors (Lipinski definition) is 2. The van der Waals surface area contributed by atoms with E-state index in [-0.39, 0.29) is 0 Å². The van der Waals surface area contributed by atoms with Gasteiger partial charge < -0.3 is 10.7 Å². The summed E-state index contributed by atoms with van der Waals surface area (Å²) in [7, 11) is 0. The minimum absolute atomic E-state index is 0.565. The topological polar surface area (TPSA) is 65.6 Å². The van der Waals surface area contributed by atoms with Crippen LogP contribution in [0, 0.1) is 11.3 Å². The highest BCUT2D eigenvalue weighted by atomic mass is 14.7. The summed E-state index contributed by atoms with van der Waals surface area (Å²) >= 11 is 0. The summed E-state index contributed by atoms with van der Waals surface area (Å²) < 4.78 is 0. The first-order valence-corrected chi connectivity index (χ1v) is 3.58. The monoisotopic (exact) mass is 157 g/mol. The summed E-state index contributed by atoms with van der Waals surface area (Å²) in [6, 6.07) is 9.33. The molecule has 0 bridgehead atoms. The van der Waals surface area contributed by atoms with Crippen molar-refractivity contribution in [2.45, 2.75) is 0 Å². The number of nitriles is 1. The quantitative estimate of drug-likeness (QED) is 0.570. The molecule has 3 N–H and O–H groups in total. The summed E-state index contributed by atoms with van der Waals surface area (Å²) in [6.07, 6.45) is 0. The largest absolute Gasteiger partial charge is 0.399 e. The van der Waals surface area contributed by atoms with Gasteiger partial charge in [0.2, 0.25) is 0 Å². The van der Waals surface area contributed by atoms with Crippen LogP contribution >= 0.6 is 0 Å². The molecule has 2 aromatic rings. The fourth-order valence-corrected chi connectivity index (χ4v) is 1.21. The maximum absolute atomic E-state index is 8.60. The summed E-state index contributed by atoms with van der Waals surface area (Å²) in [4.78, 5) is 2.96. The van der Waals surface area contributed by atoms with Crippen LogP contribution in [0.4, 0.5) is 5.69 Å². The van der Waals surface area contributed by atoms with Crippen molar-refractivity contribution in [1.29, 1.82) is 5.26 Å². The van der Waals surface area contributed by atoms with Crippen molar-refractivity contribution in [3.05, 3.63) is 30.0 Å². The minimum Gasteiger partial charge on any atom is -0.399 e. The molecular formula is C9H7N3. The third-order valence-electron chi connectivity index (χ3n) is 1.77. The van der Waals surface area contributed by atoms with Gasteiger partial charge in [-0.15, -0.1) is 0 Å². The minimum atomic E-state index is 0.565. The number of nitrogens with one attached hydrogen (secondary N) is 1. The second kappa shape index (κ2) is 2.28. The molecule has 2 rings (SSSR count). The third-order valence-corrected chi connectivity index (χ3v) is 1.77. The lowest BCUT2D eigenvalue weighted by atomic mass is 10.2. The molecule has 0 saturated carbocycles. The van der Waals surface area contributed by atoms with E-state index in [1.807, 2.05) is 18.2 Å². The van der Waals surface area contributed by atoms with Crippen LogP contribution in [0.2, 0.25) is 0 Å². The lowest BCUT2D eigenvalue weighted by Gasteiger charge is -1.90. The molecule has 58 valence electrons. The molecule has 0 amide bonds. The number of nitrogen functional groups attached to an aromatic ring is 1. The van der Waals surface area contributed by atoms with E-state index in [2.05, 4.69) is 4.98 Å². The van der Waals surface area contributed by atoms with Crippen LogP contribution in [0.1, 0.15) is 5.69 Å². The highest BCUT2D eigenvalue weighted by molar-refractivity contribution is 5.84. The number of fused-ring (bicyclic) bond motifs is 1. The Kier molecular flexibility index (Phi) is 1.28. The molecule has 0 fully saturated rings. The van der Waals surface area contributed by atoms with Gasteiger partial charge >= 0.3 is 0 Å². The van der Waals surface area contributed by atoms with Crippen LogP contribution in [-0.2, 0) is 0 Å². The summed E-state index contributed by atoms with van der Waals surface area (Å²) in [5, 5.41) is 9.57. The second-order valence-electron chi connectivity index (χ2n) is 2.64. The number of nitrogens with two attached hydrogens (primary N) is 1. The number of aromatic amines is 1. The van der Waals surface area contributed by atoms with Crippen LogP contribution in [0.15, 0.2) is 24.3 Å². The third kappa shape index (κ3) is 0.903. The molecule has 1 aromatic heterocycles. The molecule has 3 heteroatoms. The predicted octanol–water partition coefficient (Wildman–Crippen LogP) is 1.62. The first kappa shape index (κ1) is 6.74. The number of nitrogens with zero attached hydrogens (tertiary/aromatic N) is 1. The lowest BCUT2D eigenvalue weighted by Crippen LogP contribution is -1.81. The lowest BCUT2D eigenvalue weighted by molar-refractivity contribution is 1.37. The molecule has 3 nitrogen and oxygen atoms in total. The van der Waals surface area contributed by atoms with Gasteiger partial charge in [0.25, 0.3) is 0 Å². The average Bonchev–Trinajstić information content (AvgIpc) is 2.46. The van der Waals surface area contributed by atoms with Crippen molar-refractivity contribution in [1.82, 2.24) is 4.98 Å². The van der Waals surface area contributed by atoms with E-state index >= 15 is 0 Å². The Morgan fingerprint density at radius 1 is 1.33 bits per heavy atom. The number of hydrogen-bond donors (Lipinski definition) is 2. The summed E-state index contributed by atoms with van der Waals surface area (Å²) in [5.41, 5.74) is 7.80. The van der Waals surface area contributed by atoms with Crippen LogP contribution < -0.4 is 5.73 Å². The first-order valence-electron chi connectivity index (χ1n) is 3.58. The fourth-order valence-electron chi connectivity index (χ4n) is 1.21. The Morgan fingerprint density at radius 3 is 2.92 bits per heavy atom. The number of anilines is 1. The van der Waals surface area contributed by atoms with Crippen molar-refractivity contribution in [2.24, 2.45) is 0 Å². The van der Waals surface area contributed by atoms with E-state index in [1.54, 1.807) is 12.1 Å². The van der Waals surface area contributed by atoms with Crippen LogP contribution in [0.25, 0.3) is 10.9 Å². The van der Waals surface area contributed by atoms with Crippen molar-refractivity contribution in [3.63, 3.8) is 0 Å². The molecule has 12 heavy (non-hydrogen) atoms. The zero-order chi connectivity index (χ0) is 8.55. The second-order valence-corrected chi connectivity index (χ2v) is 2.64. The maximum atomic E-state index is 8.60. The zero-order valence-electron chi connectivity index (χ0n) is 6.33. The van der Waals surface area contributed by atoms with E-state index in [0.29, 0.717) is 11.4 Å². The molecule has 0 atom stereocenters. The first-order chi connectivity index (χ1) is 5.79. The molecule has 0 aliphatic rings. The molecule has 0 aliphatic heterocycles. The molecular weight excluding hydrogens is 150 g/mol. The molecule has 0 radical (unpaired) electrons. The van der Waals surface area contributed by atoms with E-state index in [9.17, 15) is 0 Å². The highest BCUT2D eigenvalue weighted by Gasteiger charge is 1.98. The van der Waals surface area contributed by atoms with Gasteiger partial charge in [0, 0.05) is 16.6 Å². The van der Waals surface area contributed by atoms with Gasteiger partial charge in [-0.05, 0) is 24.3 Å². The van der Waals surface area contributed by atoms with Crippen molar-refractivity contribution >= 4 is 16.6 Å². The summed E-state index contributed by atoms with van der Waals surface area (Å²) in [6.45, 7) is 0. The Morgan fingerprint density at radius 2 is 2.17 bits per heavy atom. The predicted molar refractivity (Wildman–Crippen MR) is 47.4 cm³/mol. The number of benzene rings is 1. The number of rotatable bonds is 0.